The van der Waals surface area contributed by atoms with Gasteiger partial charge in [-0.2, -0.15) is 13.2 Å². The molecule has 4 nitrogen and oxygen atoms in total. The predicted molar refractivity (Wildman–Crippen MR) is 102 cm³/mol. The Kier molecular flexibility index (Phi) is 4.65. The van der Waals surface area contributed by atoms with E-state index in [0.717, 1.165) is 40.1 Å². The summed E-state index contributed by atoms with van der Waals surface area (Å²) < 4.78 is 37.9. The molecule has 140 valence electrons. The molecule has 0 saturated heterocycles. The van der Waals surface area contributed by atoms with E-state index in [-0.39, 0.29) is 0 Å². The number of hydrogen-bond donors (Lipinski definition) is 1. The molecule has 0 unspecified atom stereocenters. The van der Waals surface area contributed by atoms with Crippen molar-refractivity contribution in [1.82, 2.24) is 15.0 Å². The van der Waals surface area contributed by atoms with Gasteiger partial charge in [-0.1, -0.05) is 36.4 Å². The normalized spacial score (nSPS) is 11.5. The fourth-order valence-corrected chi connectivity index (χ4v) is 2.86. The number of hydrogen-bond acceptors (Lipinski definition) is 4. The number of halogens is 3. The zero-order valence-electron chi connectivity index (χ0n) is 14.6. The summed E-state index contributed by atoms with van der Waals surface area (Å²) in [6, 6.07) is 17.6. The van der Waals surface area contributed by atoms with E-state index >= 15 is 0 Å². The number of anilines is 1. The summed E-state index contributed by atoms with van der Waals surface area (Å²) in [7, 11) is 0. The Bertz CT molecular complexity index is 1090. The average Bonchev–Trinajstić information content (AvgIpc) is 2.72. The van der Waals surface area contributed by atoms with Gasteiger partial charge >= 0.3 is 6.18 Å². The molecule has 0 bridgehead atoms. The van der Waals surface area contributed by atoms with Gasteiger partial charge in [-0.25, -0.2) is 9.97 Å². The molecule has 0 aliphatic carbocycles. The first-order valence-corrected chi connectivity index (χ1v) is 8.57. The highest BCUT2D eigenvalue weighted by atomic mass is 19.4. The average molecular weight is 380 g/mol. The summed E-state index contributed by atoms with van der Waals surface area (Å²) in [6.45, 7) is 0.557. The van der Waals surface area contributed by atoms with Crippen LogP contribution in [0, 0.1) is 0 Å². The molecular formula is C21H15F3N4. The van der Waals surface area contributed by atoms with Crippen molar-refractivity contribution in [2.75, 3.05) is 5.32 Å². The molecule has 0 amide bonds. The van der Waals surface area contributed by atoms with Gasteiger partial charge in [0.25, 0.3) is 0 Å². The Hall–Kier alpha value is -3.48. The Morgan fingerprint density at radius 3 is 2.32 bits per heavy atom. The lowest BCUT2D eigenvalue weighted by Gasteiger charge is -2.09. The molecule has 2 aromatic heterocycles. The zero-order chi connectivity index (χ0) is 19.6. The maximum absolute atomic E-state index is 12.6. The maximum Gasteiger partial charge on any atom is 0.417 e. The van der Waals surface area contributed by atoms with Crippen LogP contribution in [-0.2, 0) is 12.7 Å². The fraction of sp³-hybridized carbons (Fsp3) is 0.0952. The van der Waals surface area contributed by atoms with Crippen LogP contribution in [0.1, 0.15) is 11.1 Å². The molecule has 4 aromatic rings. The highest BCUT2D eigenvalue weighted by molar-refractivity contribution is 5.88. The lowest BCUT2D eigenvalue weighted by Crippen LogP contribution is -2.05. The van der Waals surface area contributed by atoms with E-state index in [1.54, 1.807) is 0 Å². The summed E-state index contributed by atoms with van der Waals surface area (Å²) in [5.41, 5.74) is 2.37. The smallest absolute Gasteiger partial charge is 0.365 e. The van der Waals surface area contributed by atoms with Gasteiger partial charge in [-0.3, -0.25) is 4.98 Å². The number of alkyl halides is 3. The predicted octanol–water partition coefficient (Wildman–Crippen LogP) is 5.32. The van der Waals surface area contributed by atoms with Crippen molar-refractivity contribution < 1.29 is 13.2 Å². The molecule has 0 atom stereocenters. The minimum Gasteiger partial charge on any atom is -0.365 e. The van der Waals surface area contributed by atoms with Crippen LogP contribution >= 0.6 is 0 Å². The molecule has 2 heterocycles. The van der Waals surface area contributed by atoms with Gasteiger partial charge in [-0.05, 0) is 29.8 Å². The van der Waals surface area contributed by atoms with E-state index in [2.05, 4.69) is 20.3 Å². The molecule has 7 heteroatoms. The van der Waals surface area contributed by atoms with E-state index in [4.69, 9.17) is 0 Å². The molecule has 0 aliphatic rings. The minimum atomic E-state index is -4.38. The molecule has 1 N–H and O–H groups in total. The molecule has 0 aliphatic heterocycles. The lowest BCUT2D eigenvalue weighted by molar-refractivity contribution is -0.137. The summed E-state index contributed by atoms with van der Waals surface area (Å²) in [5, 5.41) is 4.24. The second-order valence-corrected chi connectivity index (χ2v) is 6.22. The van der Waals surface area contributed by atoms with Crippen molar-refractivity contribution in [1.29, 1.82) is 0 Å². The molecule has 2 aromatic carbocycles. The number of pyridine rings is 1. The highest BCUT2D eigenvalue weighted by Gasteiger charge is 2.30. The molecule has 0 fully saturated rings. The van der Waals surface area contributed by atoms with Crippen molar-refractivity contribution >= 4 is 16.7 Å². The number of nitrogens with zero attached hydrogens (tertiary/aromatic N) is 3. The highest BCUT2D eigenvalue weighted by Crippen LogP contribution is 2.29. The first-order valence-electron chi connectivity index (χ1n) is 8.57. The van der Waals surface area contributed by atoms with E-state index in [9.17, 15) is 13.2 Å². The van der Waals surface area contributed by atoms with Crippen LogP contribution in [0.3, 0.4) is 0 Å². The van der Waals surface area contributed by atoms with Crippen molar-refractivity contribution in [3.63, 3.8) is 0 Å². The van der Waals surface area contributed by atoms with E-state index in [1.807, 2.05) is 48.5 Å². The number of aromatic nitrogens is 3. The van der Waals surface area contributed by atoms with Gasteiger partial charge in [0.2, 0.25) is 0 Å². The lowest BCUT2D eigenvalue weighted by atomic mass is 10.1. The molecule has 0 radical (unpaired) electrons. The van der Waals surface area contributed by atoms with Gasteiger partial charge in [0.15, 0.2) is 0 Å². The van der Waals surface area contributed by atoms with Gasteiger partial charge in [0, 0.05) is 23.7 Å². The number of para-hydroxylation sites is 1. The maximum atomic E-state index is 12.6. The number of benzene rings is 2. The van der Waals surface area contributed by atoms with Gasteiger partial charge in [0.1, 0.15) is 12.1 Å². The largest absolute Gasteiger partial charge is 0.417 e. The first-order chi connectivity index (χ1) is 13.5. The number of rotatable bonds is 4. The molecule has 28 heavy (non-hydrogen) atoms. The van der Waals surface area contributed by atoms with Crippen LogP contribution in [0.25, 0.3) is 22.2 Å². The van der Waals surface area contributed by atoms with E-state index < -0.39 is 11.7 Å². The quantitative estimate of drug-likeness (QED) is 0.520. The van der Waals surface area contributed by atoms with Gasteiger partial charge in [-0.15, -0.1) is 0 Å². The van der Waals surface area contributed by atoms with Crippen LogP contribution in [0.4, 0.5) is 19.0 Å². The van der Waals surface area contributed by atoms with Crippen LogP contribution in [-0.4, -0.2) is 15.0 Å². The summed E-state index contributed by atoms with van der Waals surface area (Å²) in [6.07, 6.45) is -2.01. The van der Waals surface area contributed by atoms with Crippen LogP contribution in [0.5, 0.6) is 0 Å². The van der Waals surface area contributed by atoms with E-state index in [0.29, 0.717) is 12.2 Å². The Morgan fingerprint density at radius 1 is 0.821 bits per heavy atom. The topological polar surface area (TPSA) is 50.7 Å². The van der Waals surface area contributed by atoms with Crippen molar-refractivity contribution in [2.24, 2.45) is 0 Å². The molecular weight excluding hydrogens is 365 g/mol. The standard InChI is InChI=1S/C21H15F3N4/c22-21(23,24)16-9-10-18(25-12-16)15-7-5-14(6-8-15)11-26-20-17-3-1-2-4-19(17)27-13-28-20/h1-10,12-13H,11H2,(H,26,27,28). The monoisotopic (exact) mass is 380 g/mol. The Morgan fingerprint density at radius 2 is 1.61 bits per heavy atom. The second-order valence-electron chi connectivity index (χ2n) is 6.22. The fourth-order valence-electron chi connectivity index (χ4n) is 2.86. The number of fused-ring (bicyclic) bond motifs is 1. The molecule has 4 rings (SSSR count). The van der Waals surface area contributed by atoms with E-state index in [1.165, 1.54) is 12.4 Å². The molecule has 0 spiro atoms. The van der Waals surface area contributed by atoms with Crippen LogP contribution in [0.15, 0.2) is 73.2 Å². The van der Waals surface area contributed by atoms with Crippen molar-refractivity contribution in [3.8, 4) is 11.3 Å². The summed E-state index contributed by atoms with van der Waals surface area (Å²) >= 11 is 0. The summed E-state index contributed by atoms with van der Waals surface area (Å²) in [5.74, 6) is 0.749. The number of nitrogens with one attached hydrogen (secondary N) is 1. The summed E-state index contributed by atoms with van der Waals surface area (Å²) in [4.78, 5) is 12.4. The zero-order valence-corrected chi connectivity index (χ0v) is 14.6. The third-order valence-electron chi connectivity index (χ3n) is 4.34. The van der Waals surface area contributed by atoms with Crippen molar-refractivity contribution in [2.45, 2.75) is 12.7 Å². The Labute approximate surface area is 159 Å². The Balaban J connectivity index is 1.47. The molecule has 0 saturated carbocycles. The van der Waals surface area contributed by atoms with Crippen LogP contribution in [0.2, 0.25) is 0 Å². The van der Waals surface area contributed by atoms with Gasteiger partial charge < -0.3 is 5.32 Å². The third-order valence-corrected chi connectivity index (χ3v) is 4.34. The third kappa shape index (κ3) is 3.78. The van der Waals surface area contributed by atoms with Crippen molar-refractivity contribution in [3.05, 3.63) is 84.3 Å². The second kappa shape index (κ2) is 7.26. The SMILES string of the molecule is FC(F)(F)c1ccc(-c2ccc(CNc3ncnc4ccccc34)cc2)nc1. The minimum absolute atomic E-state index is 0.495. The van der Waals surface area contributed by atoms with Gasteiger partial charge in [0.05, 0.1) is 16.8 Å². The van der Waals surface area contributed by atoms with Crippen LogP contribution < -0.4 is 5.32 Å². The first kappa shape index (κ1) is 17.9.